The number of hydrogen-bond acceptors (Lipinski definition) is 4. The highest BCUT2D eigenvalue weighted by Gasteiger charge is 2.57. The lowest BCUT2D eigenvalue weighted by molar-refractivity contribution is -0.146. The van der Waals surface area contributed by atoms with Gasteiger partial charge in [0.25, 0.3) is 5.91 Å². The minimum Gasteiger partial charge on any atom is -0.342 e. The van der Waals surface area contributed by atoms with E-state index in [1.54, 1.807) is 0 Å². The zero-order chi connectivity index (χ0) is 19.4. The molecule has 4 aliphatic rings. The maximum absolute atomic E-state index is 13.8. The van der Waals surface area contributed by atoms with Gasteiger partial charge < -0.3 is 15.5 Å². The summed E-state index contributed by atoms with van der Waals surface area (Å²) in [5.41, 5.74) is 0.223. The van der Waals surface area contributed by atoms with E-state index in [0.717, 1.165) is 19.3 Å². The number of benzene rings is 1. The number of likely N-dealkylation sites (tertiary alicyclic amines) is 1. The summed E-state index contributed by atoms with van der Waals surface area (Å²) in [6.07, 6.45) is 5.19. The van der Waals surface area contributed by atoms with E-state index in [0.29, 0.717) is 37.8 Å². The van der Waals surface area contributed by atoms with Crippen molar-refractivity contribution in [2.24, 2.45) is 10.4 Å². The van der Waals surface area contributed by atoms with Crippen LogP contribution >= 0.6 is 12.4 Å². The summed E-state index contributed by atoms with van der Waals surface area (Å²) in [7, 11) is 0. The van der Waals surface area contributed by atoms with E-state index in [1.807, 2.05) is 17.9 Å². The molecule has 0 radical (unpaired) electrons. The van der Waals surface area contributed by atoms with E-state index in [-0.39, 0.29) is 35.7 Å². The molecule has 2 amide bonds. The van der Waals surface area contributed by atoms with Crippen molar-refractivity contribution in [2.75, 3.05) is 13.1 Å². The topological polar surface area (TPSA) is 73.8 Å². The van der Waals surface area contributed by atoms with Crippen LogP contribution < -0.4 is 10.6 Å². The van der Waals surface area contributed by atoms with Crippen molar-refractivity contribution < 1.29 is 9.59 Å². The number of aliphatic imine (C=N–C) groups is 1. The molecule has 1 aromatic carbocycles. The molecule has 7 heteroatoms. The van der Waals surface area contributed by atoms with Gasteiger partial charge in [0, 0.05) is 25.2 Å². The average Bonchev–Trinajstić information content (AvgIpc) is 3.37. The van der Waals surface area contributed by atoms with E-state index in [4.69, 9.17) is 0 Å². The molecule has 29 heavy (non-hydrogen) atoms. The fourth-order valence-corrected chi connectivity index (χ4v) is 5.88. The second kappa shape index (κ2) is 7.40. The number of carbonyl (C=O) groups excluding carboxylic acids is 2. The SMILES string of the molecule is CC1=NC2(CCN(C(=O)[C@]3(Cc4ccccc4)C[C@@H]4CC[C@H]3N4)CC2)C(=O)N1.Cl. The Morgan fingerprint density at radius 2 is 1.93 bits per heavy atom. The van der Waals surface area contributed by atoms with Gasteiger partial charge in [-0.2, -0.15) is 0 Å². The minimum atomic E-state index is -0.652. The normalized spacial score (nSPS) is 32.1. The predicted molar refractivity (Wildman–Crippen MR) is 114 cm³/mol. The van der Waals surface area contributed by atoms with Gasteiger partial charge in [-0.1, -0.05) is 30.3 Å². The molecular weight excluding hydrogens is 388 g/mol. The number of amides is 2. The first-order valence-electron chi connectivity index (χ1n) is 10.5. The van der Waals surface area contributed by atoms with Gasteiger partial charge in [0.05, 0.1) is 5.41 Å². The second-order valence-electron chi connectivity index (χ2n) is 8.99. The highest BCUT2D eigenvalue weighted by atomic mass is 35.5. The van der Waals surface area contributed by atoms with E-state index in [1.165, 1.54) is 12.0 Å². The zero-order valence-corrected chi connectivity index (χ0v) is 17.6. The van der Waals surface area contributed by atoms with E-state index in [9.17, 15) is 9.59 Å². The van der Waals surface area contributed by atoms with Crippen LogP contribution in [0.25, 0.3) is 0 Å². The largest absolute Gasteiger partial charge is 0.342 e. The third kappa shape index (κ3) is 3.26. The number of hydrogen-bond donors (Lipinski definition) is 2. The Labute approximate surface area is 177 Å². The van der Waals surface area contributed by atoms with Gasteiger partial charge in [0.2, 0.25) is 5.91 Å². The molecule has 2 N–H and O–H groups in total. The van der Waals surface area contributed by atoms with Crippen LogP contribution in [0.5, 0.6) is 0 Å². The summed E-state index contributed by atoms with van der Waals surface area (Å²) in [5, 5.41) is 6.52. The van der Waals surface area contributed by atoms with Crippen molar-refractivity contribution in [2.45, 2.75) is 63.1 Å². The molecule has 4 heterocycles. The lowest BCUT2D eigenvalue weighted by Crippen LogP contribution is -2.56. The number of amidine groups is 1. The highest BCUT2D eigenvalue weighted by Crippen LogP contribution is 2.47. The number of fused-ring (bicyclic) bond motifs is 2. The first kappa shape index (κ1) is 20.4. The number of nitrogens with one attached hydrogen (secondary N) is 2. The van der Waals surface area contributed by atoms with E-state index in [2.05, 4.69) is 39.9 Å². The van der Waals surface area contributed by atoms with Gasteiger partial charge in [-0.3, -0.25) is 14.6 Å². The van der Waals surface area contributed by atoms with Crippen molar-refractivity contribution in [3.8, 4) is 0 Å². The van der Waals surface area contributed by atoms with Gasteiger partial charge in [-0.05, 0) is 51.0 Å². The summed E-state index contributed by atoms with van der Waals surface area (Å²) in [5.74, 6) is 0.963. The molecule has 4 aliphatic heterocycles. The molecule has 0 unspecified atom stereocenters. The third-order valence-corrected chi connectivity index (χ3v) is 7.28. The first-order chi connectivity index (χ1) is 13.5. The van der Waals surface area contributed by atoms with Gasteiger partial charge in [0.1, 0.15) is 11.4 Å². The number of halogens is 1. The summed E-state index contributed by atoms with van der Waals surface area (Å²) >= 11 is 0. The summed E-state index contributed by atoms with van der Waals surface area (Å²) in [6, 6.07) is 11.1. The number of carbonyl (C=O) groups is 2. The molecule has 0 aromatic heterocycles. The second-order valence-corrected chi connectivity index (χ2v) is 8.99. The number of rotatable bonds is 3. The average molecular weight is 417 g/mol. The predicted octanol–water partition coefficient (Wildman–Crippen LogP) is 2.07. The lowest BCUT2D eigenvalue weighted by atomic mass is 9.68. The summed E-state index contributed by atoms with van der Waals surface area (Å²) in [6.45, 7) is 3.05. The Balaban J connectivity index is 0.00000205. The van der Waals surface area contributed by atoms with Crippen LogP contribution in [0.3, 0.4) is 0 Å². The van der Waals surface area contributed by atoms with Crippen LogP contribution in [0.4, 0.5) is 0 Å². The minimum absolute atomic E-state index is 0. The van der Waals surface area contributed by atoms with Gasteiger partial charge >= 0.3 is 0 Å². The Hall–Kier alpha value is -1.92. The van der Waals surface area contributed by atoms with Crippen molar-refractivity contribution in [3.63, 3.8) is 0 Å². The molecule has 3 fully saturated rings. The van der Waals surface area contributed by atoms with Crippen LogP contribution in [0.15, 0.2) is 35.3 Å². The molecule has 0 saturated carbocycles. The van der Waals surface area contributed by atoms with Crippen LogP contribution in [0, 0.1) is 5.41 Å². The Morgan fingerprint density at radius 1 is 1.21 bits per heavy atom. The molecule has 1 spiro atoms. The van der Waals surface area contributed by atoms with Crippen molar-refractivity contribution >= 4 is 30.1 Å². The van der Waals surface area contributed by atoms with Gasteiger partial charge in [-0.15, -0.1) is 12.4 Å². The summed E-state index contributed by atoms with van der Waals surface area (Å²) in [4.78, 5) is 32.8. The molecular formula is C22H29ClN4O2. The van der Waals surface area contributed by atoms with Gasteiger partial charge in [0.15, 0.2) is 0 Å². The molecule has 1 aromatic rings. The van der Waals surface area contributed by atoms with Crippen molar-refractivity contribution in [3.05, 3.63) is 35.9 Å². The number of nitrogens with zero attached hydrogens (tertiary/aromatic N) is 2. The molecule has 6 nitrogen and oxygen atoms in total. The molecule has 2 bridgehead atoms. The number of piperidine rings is 1. The highest BCUT2D eigenvalue weighted by molar-refractivity contribution is 6.07. The zero-order valence-electron chi connectivity index (χ0n) is 16.8. The Morgan fingerprint density at radius 3 is 2.48 bits per heavy atom. The lowest BCUT2D eigenvalue weighted by Gasteiger charge is -2.43. The van der Waals surface area contributed by atoms with Crippen molar-refractivity contribution in [1.29, 1.82) is 0 Å². The van der Waals surface area contributed by atoms with Crippen LogP contribution in [0.2, 0.25) is 0 Å². The van der Waals surface area contributed by atoms with Crippen LogP contribution in [-0.4, -0.2) is 53.3 Å². The Bertz CT molecular complexity index is 834. The quantitative estimate of drug-likeness (QED) is 0.792. The van der Waals surface area contributed by atoms with E-state index >= 15 is 0 Å². The van der Waals surface area contributed by atoms with Crippen molar-refractivity contribution in [1.82, 2.24) is 15.5 Å². The maximum atomic E-state index is 13.8. The Kier molecular flexibility index (Phi) is 5.20. The molecule has 3 atom stereocenters. The fourth-order valence-electron chi connectivity index (χ4n) is 5.88. The molecule has 5 rings (SSSR count). The molecule has 0 aliphatic carbocycles. The third-order valence-electron chi connectivity index (χ3n) is 7.28. The smallest absolute Gasteiger partial charge is 0.253 e. The molecule has 3 saturated heterocycles. The molecule has 156 valence electrons. The maximum Gasteiger partial charge on any atom is 0.253 e. The van der Waals surface area contributed by atoms with Crippen LogP contribution in [-0.2, 0) is 16.0 Å². The van der Waals surface area contributed by atoms with Gasteiger partial charge in [-0.25, -0.2) is 0 Å². The fraction of sp³-hybridized carbons (Fsp3) is 0.591. The monoisotopic (exact) mass is 416 g/mol. The first-order valence-corrected chi connectivity index (χ1v) is 10.5. The standard InChI is InChI=1S/C22H28N4O2.ClH/c1-15-23-19(27)22(25-15)9-11-26(12-10-22)20(28)21(13-16-5-3-2-4-6-16)14-17-7-8-18(21)24-17;/h2-6,17-18,24H,7-14H2,1H3,(H,23,25,27);1H/t17-,18+,21+;/m0./s1. The van der Waals surface area contributed by atoms with Crippen LogP contribution in [0.1, 0.15) is 44.6 Å². The van der Waals surface area contributed by atoms with E-state index < -0.39 is 5.54 Å². The summed E-state index contributed by atoms with van der Waals surface area (Å²) < 4.78 is 0.